The molecule has 2 aromatic heterocycles. The van der Waals surface area contributed by atoms with Crippen molar-refractivity contribution in [3.8, 4) is 17.1 Å². The minimum absolute atomic E-state index is 0.0151. The number of nitrogens with zero attached hydrogens (tertiary/aromatic N) is 7. The fourth-order valence-electron chi connectivity index (χ4n) is 3.02. The molecule has 0 atom stereocenters. The van der Waals surface area contributed by atoms with Gasteiger partial charge in [-0.3, -0.25) is 14.9 Å². The highest BCUT2D eigenvalue weighted by atomic mass is 16.6. The van der Waals surface area contributed by atoms with Crippen molar-refractivity contribution in [3.63, 3.8) is 0 Å². The van der Waals surface area contributed by atoms with Crippen molar-refractivity contribution in [2.45, 2.75) is 12.8 Å². The topological polar surface area (TPSA) is 180 Å². The number of anilines is 1. The normalized spacial score (nSPS) is 11.0. The molecule has 33 heavy (non-hydrogen) atoms. The average Bonchev–Trinajstić information content (AvgIpc) is 3.45. The van der Waals surface area contributed by atoms with E-state index in [1.54, 1.807) is 6.21 Å². The van der Waals surface area contributed by atoms with Gasteiger partial charge in [-0.2, -0.15) is 9.78 Å². The van der Waals surface area contributed by atoms with Crippen molar-refractivity contribution in [1.29, 1.82) is 0 Å². The van der Waals surface area contributed by atoms with E-state index < -0.39 is 10.8 Å². The first-order chi connectivity index (χ1) is 16.0. The van der Waals surface area contributed by atoms with Crippen molar-refractivity contribution in [2.24, 2.45) is 5.10 Å². The Morgan fingerprint density at radius 1 is 1.18 bits per heavy atom. The lowest BCUT2D eigenvalue weighted by Crippen LogP contribution is -2.19. The first kappa shape index (κ1) is 21.3. The highest BCUT2D eigenvalue weighted by Crippen LogP contribution is 2.28. The molecule has 3 N–H and O–H groups in total. The van der Waals surface area contributed by atoms with Gasteiger partial charge in [-0.15, -0.1) is 5.10 Å². The molecule has 0 aliphatic carbocycles. The number of nitrogens with two attached hydrogens (primary N) is 1. The van der Waals surface area contributed by atoms with Gasteiger partial charge in [0.15, 0.2) is 5.69 Å². The summed E-state index contributed by atoms with van der Waals surface area (Å²) < 4.78 is 5.78. The summed E-state index contributed by atoms with van der Waals surface area (Å²) in [7, 11) is 0. The van der Waals surface area contributed by atoms with Crippen molar-refractivity contribution in [3.05, 3.63) is 76.0 Å². The minimum Gasteiger partial charge on any atom is -0.378 e. The Morgan fingerprint density at radius 3 is 2.61 bits per heavy atom. The number of non-ortho nitro benzene ring substituents is 1. The number of nitrogens with one attached hydrogen (secondary N) is 1. The maximum absolute atomic E-state index is 12.8. The number of hydrazone groups is 1. The van der Waals surface area contributed by atoms with E-state index in [4.69, 9.17) is 5.73 Å². The summed E-state index contributed by atoms with van der Waals surface area (Å²) in [6.07, 6.45) is 2.97. The lowest BCUT2D eigenvalue weighted by molar-refractivity contribution is -0.384. The Morgan fingerprint density at radius 2 is 1.94 bits per heavy atom. The lowest BCUT2D eigenvalue weighted by Gasteiger charge is -2.05. The Bertz CT molecular complexity index is 1300. The summed E-state index contributed by atoms with van der Waals surface area (Å²) in [6.45, 7) is 0. The molecule has 1 amide bonds. The van der Waals surface area contributed by atoms with Crippen LogP contribution >= 0.6 is 0 Å². The molecule has 0 saturated heterocycles. The van der Waals surface area contributed by atoms with Crippen LogP contribution in [0.3, 0.4) is 0 Å². The van der Waals surface area contributed by atoms with Gasteiger partial charge >= 0.3 is 0 Å². The van der Waals surface area contributed by atoms with Gasteiger partial charge < -0.3 is 5.73 Å². The third kappa shape index (κ3) is 4.71. The highest BCUT2D eigenvalue weighted by molar-refractivity contribution is 5.98. The fraction of sp³-hybridized carbons (Fsp3) is 0.100. The van der Waals surface area contributed by atoms with Crippen molar-refractivity contribution >= 4 is 23.6 Å². The maximum Gasteiger partial charge on any atom is 0.294 e. The fourth-order valence-corrected chi connectivity index (χ4v) is 3.02. The number of hydrogen-bond acceptors (Lipinski definition) is 10. The molecule has 4 aromatic rings. The second kappa shape index (κ2) is 9.47. The molecule has 0 radical (unpaired) electrons. The minimum atomic E-state index is -0.638. The largest absolute Gasteiger partial charge is 0.378 e. The molecule has 13 heteroatoms. The summed E-state index contributed by atoms with van der Waals surface area (Å²) in [4.78, 5) is 23.2. The second-order valence-electron chi connectivity index (χ2n) is 6.75. The van der Waals surface area contributed by atoms with E-state index in [1.807, 2.05) is 30.3 Å². The van der Waals surface area contributed by atoms with E-state index in [9.17, 15) is 14.9 Å². The number of rotatable bonds is 8. The first-order valence-corrected chi connectivity index (χ1v) is 9.69. The molecule has 0 fully saturated rings. The van der Waals surface area contributed by atoms with E-state index in [0.717, 1.165) is 12.0 Å². The van der Waals surface area contributed by atoms with E-state index in [2.05, 4.69) is 35.8 Å². The maximum atomic E-state index is 12.8. The Kier molecular flexibility index (Phi) is 6.11. The Balaban J connectivity index is 1.57. The zero-order valence-corrected chi connectivity index (χ0v) is 17.0. The lowest BCUT2D eigenvalue weighted by atomic mass is 10.1. The number of hydrogen-bond donors (Lipinski definition) is 2. The molecular formula is C20H17N9O4. The number of aryl methyl sites for hydroxylation is 1. The van der Waals surface area contributed by atoms with Crippen LogP contribution in [0.4, 0.5) is 11.5 Å². The number of benzene rings is 2. The number of amides is 1. The van der Waals surface area contributed by atoms with E-state index in [-0.39, 0.29) is 28.7 Å². The SMILES string of the molecule is Nc1nonc1-n1nnc(C(=O)N/N=C/CCc2ccccc2)c1-c1ccc([N+](=O)[O-])cc1. The quantitative estimate of drug-likeness (QED) is 0.232. The Hall–Kier alpha value is -4.94. The van der Waals surface area contributed by atoms with Crippen molar-refractivity contribution < 1.29 is 14.3 Å². The van der Waals surface area contributed by atoms with Crippen molar-refractivity contribution in [1.82, 2.24) is 30.7 Å². The molecule has 13 nitrogen and oxygen atoms in total. The molecule has 0 aliphatic rings. The molecule has 0 unspecified atom stereocenters. The van der Waals surface area contributed by atoms with Crippen LogP contribution in [0.15, 0.2) is 64.3 Å². The third-order valence-electron chi connectivity index (χ3n) is 4.60. The van der Waals surface area contributed by atoms with Gasteiger partial charge in [0.05, 0.1) is 4.92 Å². The molecule has 0 spiro atoms. The molecule has 4 rings (SSSR count). The zero-order valence-electron chi connectivity index (χ0n) is 17.0. The molecule has 0 saturated carbocycles. The van der Waals surface area contributed by atoms with Crippen LogP contribution in [-0.2, 0) is 6.42 Å². The average molecular weight is 447 g/mol. The van der Waals surface area contributed by atoms with E-state index in [0.29, 0.717) is 12.0 Å². The number of nitrogen functional groups attached to an aromatic ring is 1. The van der Waals surface area contributed by atoms with Crippen LogP contribution in [-0.4, -0.2) is 42.4 Å². The van der Waals surface area contributed by atoms with Gasteiger partial charge in [0.2, 0.25) is 11.6 Å². The predicted octanol–water partition coefficient (Wildman–Crippen LogP) is 2.16. The first-order valence-electron chi connectivity index (χ1n) is 9.69. The van der Waals surface area contributed by atoms with Crippen LogP contribution in [0.1, 0.15) is 22.5 Å². The number of nitro groups is 1. The van der Waals surface area contributed by atoms with Gasteiger partial charge in [0.25, 0.3) is 11.6 Å². The van der Waals surface area contributed by atoms with Crippen LogP contribution < -0.4 is 11.2 Å². The van der Waals surface area contributed by atoms with Crippen LogP contribution in [0.5, 0.6) is 0 Å². The van der Waals surface area contributed by atoms with Crippen LogP contribution in [0.2, 0.25) is 0 Å². The van der Waals surface area contributed by atoms with E-state index in [1.165, 1.54) is 28.9 Å². The van der Waals surface area contributed by atoms with Gasteiger partial charge in [0, 0.05) is 23.9 Å². The standard InChI is InChI=1S/C20H17N9O4/c21-18-19(26-33-25-18)28-17(14-8-10-15(11-9-14)29(31)32)16(23-27-28)20(30)24-22-12-4-7-13-5-2-1-3-6-13/h1-3,5-6,8-12H,4,7H2,(H2,21,25)(H,24,30)/b22-12+. The number of carbonyl (C=O) groups is 1. The molecule has 0 bridgehead atoms. The van der Waals surface area contributed by atoms with Gasteiger partial charge in [-0.1, -0.05) is 35.5 Å². The second-order valence-corrected chi connectivity index (χ2v) is 6.75. The van der Waals surface area contributed by atoms with Gasteiger partial charge in [0.1, 0.15) is 5.69 Å². The van der Waals surface area contributed by atoms with Crippen LogP contribution in [0, 0.1) is 10.1 Å². The summed E-state index contributed by atoms with van der Waals surface area (Å²) in [6, 6.07) is 15.4. The van der Waals surface area contributed by atoms with Crippen LogP contribution in [0.25, 0.3) is 17.1 Å². The molecule has 0 aliphatic heterocycles. The molecule has 2 aromatic carbocycles. The van der Waals surface area contributed by atoms with Crippen molar-refractivity contribution in [2.75, 3.05) is 5.73 Å². The third-order valence-corrected chi connectivity index (χ3v) is 4.60. The summed E-state index contributed by atoms with van der Waals surface area (Å²) in [5, 5.41) is 30.0. The summed E-state index contributed by atoms with van der Waals surface area (Å²) in [5.41, 5.74) is 9.71. The molecule has 2 heterocycles. The summed E-state index contributed by atoms with van der Waals surface area (Å²) >= 11 is 0. The predicted molar refractivity (Wildman–Crippen MR) is 116 cm³/mol. The Labute approximate surface area is 186 Å². The zero-order chi connectivity index (χ0) is 23.2. The van der Waals surface area contributed by atoms with E-state index >= 15 is 0 Å². The molecule has 166 valence electrons. The number of aromatic nitrogens is 5. The number of carbonyl (C=O) groups excluding carboxylic acids is 1. The number of nitro benzene ring substituents is 1. The monoisotopic (exact) mass is 447 g/mol. The molecular weight excluding hydrogens is 430 g/mol. The van der Waals surface area contributed by atoms with Gasteiger partial charge in [-0.05, 0) is 40.9 Å². The van der Waals surface area contributed by atoms with Gasteiger partial charge in [-0.25, -0.2) is 10.1 Å². The smallest absolute Gasteiger partial charge is 0.294 e. The summed E-state index contributed by atoms with van der Waals surface area (Å²) in [5.74, 6) is -0.698. The highest BCUT2D eigenvalue weighted by Gasteiger charge is 2.25.